The smallest absolute Gasteiger partial charge is 0.268 e. The zero-order valence-electron chi connectivity index (χ0n) is 23.6. The lowest BCUT2D eigenvalue weighted by Crippen LogP contribution is -2.30. The summed E-state index contributed by atoms with van der Waals surface area (Å²) >= 11 is 1.58. The van der Waals surface area contributed by atoms with Crippen molar-refractivity contribution in [3.05, 3.63) is 74.6 Å². The van der Waals surface area contributed by atoms with E-state index in [0.717, 1.165) is 36.0 Å². The Balaban J connectivity index is 1.21. The van der Waals surface area contributed by atoms with Gasteiger partial charge in [-0.15, -0.1) is 0 Å². The summed E-state index contributed by atoms with van der Waals surface area (Å²) in [5.41, 5.74) is 4.47. The molecule has 2 saturated carbocycles. The van der Waals surface area contributed by atoms with Crippen LogP contribution in [0.1, 0.15) is 84.8 Å². The summed E-state index contributed by atoms with van der Waals surface area (Å²) in [6, 6.07) is 10.5. The number of piperidine rings is 1. The molecule has 1 unspecified atom stereocenters. The Morgan fingerprint density at radius 1 is 1.02 bits per heavy atom. The first-order valence-corrected chi connectivity index (χ1v) is 15.8. The summed E-state index contributed by atoms with van der Waals surface area (Å²) in [7, 11) is 2.20. The molecule has 1 atom stereocenters. The van der Waals surface area contributed by atoms with Crippen molar-refractivity contribution in [1.29, 1.82) is 0 Å². The van der Waals surface area contributed by atoms with Gasteiger partial charge in [-0.3, -0.25) is 9.36 Å². The van der Waals surface area contributed by atoms with Crippen LogP contribution in [0, 0.1) is 17.8 Å². The summed E-state index contributed by atoms with van der Waals surface area (Å²) < 4.78 is 6.31. The van der Waals surface area contributed by atoms with Gasteiger partial charge in [0.25, 0.3) is 5.56 Å². The molecular formula is C33H36N6OS. The summed E-state index contributed by atoms with van der Waals surface area (Å²) in [6.45, 7) is 2.73. The highest BCUT2D eigenvalue weighted by Gasteiger charge is 2.24. The Bertz CT molecular complexity index is 1670. The minimum absolute atomic E-state index is 0.0966. The van der Waals surface area contributed by atoms with Crippen molar-refractivity contribution >= 4 is 34.2 Å². The van der Waals surface area contributed by atoms with Gasteiger partial charge in [0.1, 0.15) is 5.65 Å². The molecule has 1 aromatic carbocycles. The first kappa shape index (κ1) is 26.4. The number of hydrogen-bond acceptors (Lipinski definition) is 7. The van der Waals surface area contributed by atoms with Gasteiger partial charge >= 0.3 is 0 Å². The number of fused-ring (bicyclic) bond motifs is 1. The second-order valence-corrected chi connectivity index (χ2v) is 12.8. The van der Waals surface area contributed by atoms with E-state index >= 15 is 0 Å². The SMILES string of the molecule is CN1CCCC(c2ccc(Nc3ncc4cc(C#CC5CC5)c(=O)n(Cc5cnsc5C5CCCC5)c4n3)cc2)C1. The van der Waals surface area contributed by atoms with Gasteiger partial charge in [0.05, 0.1) is 12.1 Å². The van der Waals surface area contributed by atoms with Crippen LogP contribution in [0.4, 0.5) is 11.6 Å². The lowest BCUT2D eigenvalue weighted by Gasteiger charge is -2.30. The second-order valence-electron chi connectivity index (χ2n) is 12.0. The lowest BCUT2D eigenvalue weighted by atomic mass is 9.91. The third kappa shape index (κ3) is 5.79. The molecule has 7 nitrogen and oxygen atoms in total. The number of benzene rings is 1. The fourth-order valence-corrected chi connectivity index (χ4v) is 7.26. The fraction of sp³-hybridized carbons (Fsp3) is 0.455. The number of pyridine rings is 1. The molecule has 1 saturated heterocycles. The van der Waals surface area contributed by atoms with E-state index in [2.05, 4.69) is 62.7 Å². The number of nitrogens with zero attached hydrogens (tertiary/aromatic N) is 5. The molecule has 3 aromatic heterocycles. The van der Waals surface area contributed by atoms with Crippen LogP contribution in [-0.2, 0) is 6.54 Å². The Hall–Kier alpha value is -3.54. The minimum atomic E-state index is -0.0966. The van der Waals surface area contributed by atoms with Gasteiger partial charge in [0.15, 0.2) is 0 Å². The van der Waals surface area contributed by atoms with Crippen molar-refractivity contribution in [3.63, 3.8) is 0 Å². The normalized spacial score (nSPS) is 19.8. The van der Waals surface area contributed by atoms with Gasteiger partial charge in [-0.05, 0) is 99.2 Å². The maximum Gasteiger partial charge on any atom is 0.268 e. The van der Waals surface area contributed by atoms with Gasteiger partial charge in [0.2, 0.25) is 5.95 Å². The molecule has 0 spiro atoms. The molecule has 3 fully saturated rings. The highest BCUT2D eigenvalue weighted by molar-refractivity contribution is 7.06. The zero-order chi connectivity index (χ0) is 27.8. The van der Waals surface area contributed by atoms with Crippen LogP contribution in [0.3, 0.4) is 0 Å². The van der Waals surface area contributed by atoms with Crippen molar-refractivity contribution in [3.8, 4) is 11.8 Å². The molecule has 0 bridgehead atoms. The Labute approximate surface area is 245 Å². The number of anilines is 2. The highest BCUT2D eigenvalue weighted by atomic mass is 32.1. The van der Waals surface area contributed by atoms with E-state index in [9.17, 15) is 4.79 Å². The predicted molar refractivity (Wildman–Crippen MR) is 165 cm³/mol. The first-order valence-electron chi connectivity index (χ1n) is 15.0. The number of aromatic nitrogens is 4. The maximum absolute atomic E-state index is 13.8. The van der Waals surface area contributed by atoms with E-state index < -0.39 is 0 Å². The van der Waals surface area contributed by atoms with Gasteiger partial charge in [-0.2, -0.15) is 4.98 Å². The zero-order valence-corrected chi connectivity index (χ0v) is 24.4. The molecule has 1 aliphatic heterocycles. The molecular weight excluding hydrogens is 528 g/mol. The van der Waals surface area contributed by atoms with Crippen LogP contribution in [0.5, 0.6) is 0 Å². The van der Waals surface area contributed by atoms with E-state index in [0.29, 0.717) is 41.5 Å². The first-order chi connectivity index (χ1) is 20.1. The van der Waals surface area contributed by atoms with Crippen LogP contribution >= 0.6 is 11.5 Å². The minimum Gasteiger partial charge on any atom is -0.324 e. The van der Waals surface area contributed by atoms with Gasteiger partial charge in [-0.25, -0.2) is 9.36 Å². The topological polar surface area (TPSA) is 75.9 Å². The average Bonchev–Trinajstić information content (AvgIpc) is 3.43. The molecule has 41 heavy (non-hydrogen) atoms. The molecule has 0 amide bonds. The van der Waals surface area contributed by atoms with E-state index in [1.54, 1.807) is 22.3 Å². The van der Waals surface area contributed by atoms with Crippen LogP contribution in [0.15, 0.2) is 47.5 Å². The van der Waals surface area contributed by atoms with Crippen LogP contribution in [0.2, 0.25) is 0 Å². The average molecular weight is 565 g/mol. The van der Waals surface area contributed by atoms with Crippen molar-refractivity contribution in [2.24, 2.45) is 5.92 Å². The van der Waals surface area contributed by atoms with Crippen molar-refractivity contribution < 1.29 is 0 Å². The molecule has 8 heteroatoms. The molecule has 7 rings (SSSR count). The maximum atomic E-state index is 13.8. The Morgan fingerprint density at radius 3 is 2.61 bits per heavy atom. The summed E-state index contributed by atoms with van der Waals surface area (Å²) in [5.74, 6) is 8.46. The molecule has 3 aliphatic rings. The van der Waals surface area contributed by atoms with Crippen LogP contribution < -0.4 is 10.9 Å². The standard InChI is InChI=1S/C33H36N6OS/c1-38-16-4-7-26(20-38)23-12-14-29(15-13-23)36-33-34-18-27-17-25(11-10-22-8-9-22)32(40)39(31(27)37-33)21-28-19-35-41-30(28)24-5-2-3-6-24/h12-15,17-19,22,24,26H,2-9,16,20-21H2,1H3,(H,34,36,37). The summed E-state index contributed by atoms with van der Waals surface area (Å²) in [6.07, 6.45) is 13.4. The van der Waals surface area contributed by atoms with Crippen molar-refractivity contribution in [1.82, 2.24) is 23.8 Å². The Kier molecular flexibility index (Phi) is 7.32. The lowest BCUT2D eigenvalue weighted by molar-refractivity contribution is 0.251. The Morgan fingerprint density at radius 2 is 1.83 bits per heavy atom. The number of likely N-dealkylation sites (N-methyl/N-ethyl adjacent to an activating group) is 1. The monoisotopic (exact) mass is 564 g/mol. The predicted octanol–water partition coefficient (Wildman–Crippen LogP) is 6.27. The number of nitrogens with one attached hydrogen (secondary N) is 1. The van der Waals surface area contributed by atoms with Crippen molar-refractivity contribution in [2.75, 3.05) is 25.5 Å². The summed E-state index contributed by atoms with van der Waals surface area (Å²) in [4.78, 5) is 27.0. The van der Waals surface area contributed by atoms with Gasteiger partial charge < -0.3 is 10.2 Å². The molecule has 0 radical (unpaired) electrons. The number of likely N-dealkylation sites (tertiary alicyclic amines) is 1. The van der Waals surface area contributed by atoms with E-state index in [1.807, 2.05) is 12.3 Å². The molecule has 2 aliphatic carbocycles. The highest BCUT2D eigenvalue weighted by Crippen LogP contribution is 2.38. The molecule has 210 valence electrons. The van der Waals surface area contributed by atoms with Crippen LogP contribution in [0.25, 0.3) is 11.0 Å². The van der Waals surface area contributed by atoms with Gasteiger partial charge in [0, 0.05) is 46.4 Å². The number of hydrogen-bond donors (Lipinski definition) is 1. The van der Waals surface area contributed by atoms with Gasteiger partial charge in [-0.1, -0.05) is 36.8 Å². The van der Waals surface area contributed by atoms with Crippen molar-refractivity contribution in [2.45, 2.75) is 69.7 Å². The molecule has 4 heterocycles. The third-order valence-corrected chi connectivity index (χ3v) is 9.81. The third-order valence-electron chi connectivity index (χ3n) is 8.81. The summed E-state index contributed by atoms with van der Waals surface area (Å²) in [5, 5.41) is 4.19. The fourth-order valence-electron chi connectivity index (χ4n) is 6.35. The largest absolute Gasteiger partial charge is 0.324 e. The molecule has 4 aromatic rings. The second kappa shape index (κ2) is 11.4. The van der Waals surface area contributed by atoms with E-state index in [1.165, 1.54) is 55.5 Å². The van der Waals surface area contributed by atoms with E-state index in [4.69, 9.17) is 4.98 Å². The quantitative estimate of drug-likeness (QED) is 0.278. The van der Waals surface area contributed by atoms with Crippen LogP contribution in [-0.4, -0.2) is 43.9 Å². The number of rotatable bonds is 6. The molecule has 1 N–H and O–H groups in total. The van der Waals surface area contributed by atoms with E-state index in [-0.39, 0.29) is 5.56 Å².